The summed E-state index contributed by atoms with van der Waals surface area (Å²) in [4.78, 5) is 0. The van der Waals surface area contributed by atoms with Crippen LogP contribution in [0.3, 0.4) is 0 Å². The Kier molecular flexibility index (Phi) is 7.93. The summed E-state index contributed by atoms with van der Waals surface area (Å²) in [5.41, 5.74) is 9.65. The lowest BCUT2D eigenvalue weighted by Gasteiger charge is -2.26. The SMILES string of the molecule is CC[C@H](C)c1cc(-[n+]2c(-c3ccccc3)cc(-c3ccccc3)cc2-c2ccccc2)cc([C@@H](C)CC)c1[O-]. The minimum Gasteiger partial charge on any atom is -0.872 e. The van der Waals surface area contributed by atoms with Crippen molar-refractivity contribution in [3.8, 4) is 45.1 Å². The molecule has 5 rings (SSSR count). The first kappa shape index (κ1) is 26.4. The van der Waals surface area contributed by atoms with E-state index in [1.807, 2.05) is 0 Å². The number of hydrogen-bond acceptors (Lipinski definition) is 1. The summed E-state index contributed by atoms with van der Waals surface area (Å²) >= 11 is 0. The Morgan fingerprint density at radius 3 is 1.31 bits per heavy atom. The van der Waals surface area contributed by atoms with Gasteiger partial charge in [0, 0.05) is 35.4 Å². The van der Waals surface area contributed by atoms with E-state index in [9.17, 15) is 5.11 Å². The Hall–Kier alpha value is -4.17. The average molecular weight is 512 g/mol. The van der Waals surface area contributed by atoms with E-state index in [0.717, 1.165) is 57.7 Å². The predicted molar refractivity (Wildman–Crippen MR) is 161 cm³/mol. The summed E-state index contributed by atoms with van der Waals surface area (Å²) in [6, 6.07) is 40.6. The molecular formula is C37H37NO. The van der Waals surface area contributed by atoms with Gasteiger partial charge in [0.15, 0.2) is 0 Å². The van der Waals surface area contributed by atoms with Crippen molar-refractivity contribution in [2.75, 3.05) is 0 Å². The van der Waals surface area contributed by atoms with E-state index in [4.69, 9.17) is 0 Å². The minimum absolute atomic E-state index is 0.185. The largest absolute Gasteiger partial charge is 0.872 e. The summed E-state index contributed by atoms with van der Waals surface area (Å²) in [6.07, 6.45) is 1.85. The first-order valence-electron chi connectivity index (χ1n) is 14.1. The lowest BCUT2D eigenvalue weighted by atomic mass is 9.89. The van der Waals surface area contributed by atoms with E-state index in [1.54, 1.807) is 0 Å². The van der Waals surface area contributed by atoms with Gasteiger partial charge in [0.05, 0.1) is 0 Å². The fraction of sp³-hybridized carbons (Fsp3) is 0.216. The van der Waals surface area contributed by atoms with E-state index >= 15 is 0 Å². The third-order valence-corrected chi connectivity index (χ3v) is 7.99. The van der Waals surface area contributed by atoms with Crippen molar-refractivity contribution in [2.24, 2.45) is 0 Å². The summed E-state index contributed by atoms with van der Waals surface area (Å²) < 4.78 is 2.36. The van der Waals surface area contributed by atoms with Crippen LogP contribution in [0.25, 0.3) is 39.3 Å². The van der Waals surface area contributed by atoms with Gasteiger partial charge in [0.25, 0.3) is 0 Å². The van der Waals surface area contributed by atoms with Gasteiger partial charge in [-0.3, -0.25) is 0 Å². The number of hydrogen-bond donors (Lipinski definition) is 0. The molecule has 0 aliphatic rings. The Morgan fingerprint density at radius 2 is 0.923 bits per heavy atom. The zero-order valence-electron chi connectivity index (χ0n) is 23.4. The summed E-state index contributed by atoms with van der Waals surface area (Å²) in [5.74, 6) is 0.570. The second kappa shape index (κ2) is 11.7. The van der Waals surface area contributed by atoms with Crippen LogP contribution in [0.4, 0.5) is 0 Å². The molecule has 2 heteroatoms. The van der Waals surface area contributed by atoms with E-state index in [-0.39, 0.29) is 17.6 Å². The second-order valence-electron chi connectivity index (χ2n) is 10.5. The maximum Gasteiger partial charge on any atom is 0.219 e. The van der Waals surface area contributed by atoms with Gasteiger partial charge in [-0.15, -0.1) is 5.75 Å². The highest BCUT2D eigenvalue weighted by Crippen LogP contribution is 2.37. The highest BCUT2D eigenvalue weighted by Gasteiger charge is 2.27. The Morgan fingerprint density at radius 1 is 0.538 bits per heavy atom. The molecule has 0 saturated heterocycles. The molecule has 0 radical (unpaired) electrons. The molecule has 39 heavy (non-hydrogen) atoms. The quantitative estimate of drug-likeness (QED) is 0.191. The normalized spacial score (nSPS) is 12.7. The molecule has 4 aromatic carbocycles. The minimum atomic E-state index is 0.185. The smallest absolute Gasteiger partial charge is 0.219 e. The molecule has 1 aromatic heterocycles. The summed E-state index contributed by atoms with van der Waals surface area (Å²) in [7, 11) is 0. The maximum atomic E-state index is 13.7. The summed E-state index contributed by atoms with van der Waals surface area (Å²) in [5, 5.41) is 13.7. The molecule has 0 aliphatic heterocycles. The highest BCUT2D eigenvalue weighted by atomic mass is 16.3. The van der Waals surface area contributed by atoms with Crippen molar-refractivity contribution < 1.29 is 9.67 Å². The van der Waals surface area contributed by atoms with Crippen LogP contribution in [-0.2, 0) is 0 Å². The van der Waals surface area contributed by atoms with Crippen molar-refractivity contribution in [2.45, 2.75) is 52.4 Å². The van der Waals surface area contributed by atoms with Crippen LogP contribution in [0.15, 0.2) is 115 Å². The van der Waals surface area contributed by atoms with Crippen LogP contribution < -0.4 is 9.67 Å². The van der Waals surface area contributed by atoms with Crippen molar-refractivity contribution >= 4 is 0 Å². The molecule has 0 fully saturated rings. The molecule has 0 saturated carbocycles. The molecule has 0 spiro atoms. The molecule has 0 amide bonds. The van der Waals surface area contributed by atoms with E-state index < -0.39 is 0 Å². The molecule has 5 aromatic rings. The molecule has 2 nitrogen and oxygen atoms in total. The Bertz CT molecular complexity index is 1450. The van der Waals surface area contributed by atoms with Gasteiger partial charge >= 0.3 is 0 Å². The third-order valence-electron chi connectivity index (χ3n) is 7.99. The molecule has 2 atom stereocenters. The van der Waals surface area contributed by atoms with Gasteiger partial charge in [0.1, 0.15) is 0 Å². The number of nitrogens with zero attached hydrogens (tertiary/aromatic N) is 1. The molecule has 0 unspecified atom stereocenters. The number of benzene rings is 4. The van der Waals surface area contributed by atoms with Gasteiger partial charge < -0.3 is 5.11 Å². The number of pyridine rings is 1. The number of rotatable bonds is 8. The van der Waals surface area contributed by atoms with Crippen molar-refractivity contribution in [3.05, 3.63) is 126 Å². The molecule has 0 aliphatic carbocycles. The topological polar surface area (TPSA) is 26.9 Å². The van der Waals surface area contributed by atoms with Crippen molar-refractivity contribution in [1.29, 1.82) is 0 Å². The van der Waals surface area contributed by atoms with E-state index in [2.05, 4.69) is 148 Å². The van der Waals surface area contributed by atoms with Crippen LogP contribution in [0.5, 0.6) is 5.75 Å². The van der Waals surface area contributed by atoms with Crippen LogP contribution in [-0.4, -0.2) is 0 Å². The third kappa shape index (κ3) is 5.38. The monoisotopic (exact) mass is 511 g/mol. The van der Waals surface area contributed by atoms with Crippen molar-refractivity contribution in [1.82, 2.24) is 0 Å². The summed E-state index contributed by atoms with van der Waals surface area (Å²) in [6.45, 7) is 8.65. The van der Waals surface area contributed by atoms with Crippen LogP contribution in [0, 0.1) is 0 Å². The van der Waals surface area contributed by atoms with Crippen LogP contribution in [0.2, 0.25) is 0 Å². The molecule has 196 valence electrons. The van der Waals surface area contributed by atoms with Gasteiger partial charge in [-0.1, -0.05) is 94.4 Å². The number of aromatic nitrogens is 1. The van der Waals surface area contributed by atoms with Crippen LogP contribution in [0.1, 0.15) is 63.5 Å². The van der Waals surface area contributed by atoms with Gasteiger partial charge in [-0.2, -0.15) is 4.57 Å². The zero-order chi connectivity index (χ0) is 27.4. The first-order chi connectivity index (χ1) is 19.0. The fourth-order valence-electron chi connectivity index (χ4n) is 5.27. The molecule has 0 N–H and O–H groups in total. The first-order valence-corrected chi connectivity index (χ1v) is 14.1. The molecular weight excluding hydrogens is 474 g/mol. The standard InChI is InChI=1S/C37H37NO/c1-5-26(3)33-24-32(25-34(37(33)39)27(4)6-2)38-35(29-18-12-8-13-19-29)22-31(28-16-10-7-11-17-28)23-36(38)30-20-14-9-15-21-30/h7-27H,5-6H2,1-4H3/t26-,27-/m0/s1. The second-order valence-corrected chi connectivity index (χ2v) is 10.5. The Labute approximate surface area is 233 Å². The fourth-order valence-corrected chi connectivity index (χ4v) is 5.27. The van der Waals surface area contributed by atoms with Crippen LogP contribution >= 0.6 is 0 Å². The Balaban J connectivity index is 1.91. The zero-order valence-corrected chi connectivity index (χ0v) is 23.4. The molecule has 1 heterocycles. The lowest BCUT2D eigenvalue weighted by Crippen LogP contribution is -2.37. The highest BCUT2D eigenvalue weighted by molar-refractivity contribution is 5.74. The van der Waals surface area contributed by atoms with Gasteiger partial charge in [-0.05, 0) is 71.2 Å². The van der Waals surface area contributed by atoms with E-state index in [0.29, 0.717) is 0 Å². The van der Waals surface area contributed by atoms with Gasteiger partial charge in [0.2, 0.25) is 17.1 Å². The van der Waals surface area contributed by atoms with Crippen molar-refractivity contribution in [3.63, 3.8) is 0 Å². The van der Waals surface area contributed by atoms with E-state index in [1.165, 1.54) is 5.56 Å². The lowest BCUT2D eigenvalue weighted by molar-refractivity contribution is -0.572. The predicted octanol–water partition coefficient (Wildman–Crippen LogP) is 9.06. The molecule has 0 bridgehead atoms. The average Bonchev–Trinajstić information content (AvgIpc) is 3.01. The van der Waals surface area contributed by atoms with Gasteiger partial charge in [-0.25, -0.2) is 0 Å². The maximum absolute atomic E-state index is 13.7.